The molecule has 0 aliphatic rings. The smallest absolute Gasteiger partial charge is 0.303 e. The summed E-state index contributed by atoms with van der Waals surface area (Å²) in [5, 5.41) is 9.07. The molecule has 1 heterocycles. The van der Waals surface area contributed by atoms with Gasteiger partial charge in [0, 0.05) is 12.5 Å². The minimum Gasteiger partial charge on any atom is -0.493 e. The Labute approximate surface area is 161 Å². The first kappa shape index (κ1) is 19.3. The molecule has 7 nitrogen and oxygen atoms in total. The standard InChI is InChI=1S/C21H20O7/c1-25-17-8-5-13(10-19(17)26-2)16-12-28-18-11-14(6-7-15(18)21(16)24)27-9-3-4-20(22)23/h5-8,10-12H,3-4,9H2,1-2H3,(H,22,23). The molecule has 0 saturated heterocycles. The highest BCUT2D eigenvalue weighted by Gasteiger charge is 2.13. The molecule has 3 aromatic rings. The third-order valence-corrected chi connectivity index (χ3v) is 4.24. The normalized spacial score (nSPS) is 10.6. The van der Waals surface area contributed by atoms with Gasteiger partial charge >= 0.3 is 5.97 Å². The molecule has 7 heteroatoms. The summed E-state index contributed by atoms with van der Waals surface area (Å²) < 4.78 is 21.7. The number of carboxylic acid groups (broad SMARTS) is 1. The van der Waals surface area contributed by atoms with Gasteiger partial charge in [-0.25, -0.2) is 0 Å². The molecule has 2 aromatic carbocycles. The number of methoxy groups -OCH3 is 2. The van der Waals surface area contributed by atoms with E-state index in [1.54, 1.807) is 43.5 Å². The van der Waals surface area contributed by atoms with Crippen LogP contribution in [0.5, 0.6) is 17.2 Å². The van der Waals surface area contributed by atoms with Crippen LogP contribution in [0.2, 0.25) is 0 Å². The Bertz CT molecular complexity index is 1050. The summed E-state index contributed by atoms with van der Waals surface area (Å²) in [5.41, 5.74) is 1.28. The van der Waals surface area contributed by atoms with Crippen molar-refractivity contribution in [2.45, 2.75) is 12.8 Å². The van der Waals surface area contributed by atoms with Crippen molar-refractivity contribution in [3.05, 3.63) is 52.9 Å². The van der Waals surface area contributed by atoms with Crippen LogP contribution in [0.4, 0.5) is 0 Å². The predicted molar refractivity (Wildman–Crippen MR) is 103 cm³/mol. The van der Waals surface area contributed by atoms with E-state index < -0.39 is 5.97 Å². The summed E-state index contributed by atoms with van der Waals surface area (Å²) in [7, 11) is 3.08. The van der Waals surface area contributed by atoms with Crippen molar-refractivity contribution in [1.82, 2.24) is 0 Å². The Hall–Kier alpha value is -3.48. The van der Waals surface area contributed by atoms with Crippen molar-refractivity contribution >= 4 is 16.9 Å². The van der Waals surface area contributed by atoms with Crippen molar-refractivity contribution in [2.24, 2.45) is 0 Å². The third-order valence-electron chi connectivity index (χ3n) is 4.24. The van der Waals surface area contributed by atoms with Gasteiger partial charge in [-0.3, -0.25) is 9.59 Å². The molecule has 0 aliphatic heterocycles. The number of carboxylic acids is 1. The molecule has 28 heavy (non-hydrogen) atoms. The Morgan fingerprint density at radius 2 is 1.86 bits per heavy atom. The molecule has 0 atom stereocenters. The van der Waals surface area contributed by atoms with Crippen LogP contribution in [-0.2, 0) is 4.79 Å². The molecule has 0 bridgehead atoms. The number of ether oxygens (including phenoxy) is 3. The lowest BCUT2D eigenvalue weighted by molar-refractivity contribution is -0.137. The molecule has 0 unspecified atom stereocenters. The maximum absolute atomic E-state index is 12.9. The fourth-order valence-corrected chi connectivity index (χ4v) is 2.81. The third kappa shape index (κ3) is 4.09. The largest absolute Gasteiger partial charge is 0.493 e. The average molecular weight is 384 g/mol. The first-order valence-corrected chi connectivity index (χ1v) is 8.66. The monoisotopic (exact) mass is 384 g/mol. The number of aliphatic carboxylic acids is 1. The number of hydrogen-bond acceptors (Lipinski definition) is 6. The Kier molecular flexibility index (Phi) is 5.84. The van der Waals surface area contributed by atoms with Gasteiger partial charge in [-0.05, 0) is 36.2 Å². The van der Waals surface area contributed by atoms with Crippen LogP contribution >= 0.6 is 0 Å². The van der Waals surface area contributed by atoms with Gasteiger partial charge in [0.2, 0.25) is 0 Å². The molecular formula is C21H20O7. The van der Waals surface area contributed by atoms with Gasteiger partial charge in [0.25, 0.3) is 0 Å². The van der Waals surface area contributed by atoms with Crippen LogP contribution in [0.15, 0.2) is 51.9 Å². The lowest BCUT2D eigenvalue weighted by Crippen LogP contribution is -2.06. The van der Waals surface area contributed by atoms with Gasteiger partial charge in [0.05, 0.1) is 31.8 Å². The molecule has 1 N–H and O–H groups in total. The summed E-state index contributed by atoms with van der Waals surface area (Å²) in [6.07, 6.45) is 1.84. The lowest BCUT2D eigenvalue weighted by atomic mass is 10.0. The number of rotatable bonds is 8. The Morgan fingerprint density at radius 3 is 2.57 bits per heavy atom. The van der Waals surface area contributed by atoms with Gasteiger partial charge < -0.3 is 23.7 Å². The molecule has 1 aromatic heterocycles. The topological polar surface area (TPSA) is 95.2 Å². The van der Waals surface area contributed by atoms with E-state index >= 15 is 0 Å². The van der Waals surface area contributed by atoms with Crippen LogP contribution in [0.1, 0.15) is 12.8 Å². The van der Waals surface area contributed by atoms with Gasteiger partial charge in [0.15, 0.2) is 16.9 Å². The van der Waals surface area contributed by atoms with E-state index in [0.717, 1.165) is 0 Å². The lowest BCUT2D eigenvalue weighted by Gasteiger charge is -2.10. The maximum atomic E-state index is 12.9. The minimum atomic E-state index is -0.865. The summed E-state index contributed by atoms with van der Waals surface area (Å²) in [6.45, 7) is 0.270. The molecule has 0 radical (unpaired) electrons. The molecule has 0 saturated carbocycles. The molecule has 0 fully saturated rings. The highest BCUT2D eigenvalue weighted by atomic mass is 16.5. The fourth-order valence-electron chi connectivity index (χ4n) is 2.81. The number of benzene rings is 2. The van der Waals surface area contributed by atoms with Crippen LogP contribution in [-0.4, -0.2) is 31.9 Å². The second-order valence-corrected chi connectivity index (χ2v) is 6.05. The summed E-state index contributed by atoms with van der Waals surface area (Å²) in [6, 6.07) is 10.1. The van der Waals surface area contributed by atoms with E-state index in [9.17, 15) is 9.59 Å². The van der Waals surface area contributed by atoms with Crippen LogP contribution in [0.25, 0.3) is 22.1 Å². The molecule has 0 amide bonds. The van der Waals surface area contributed by atoms with Crippen LogP contribution in [0.3, 0.4) is 0 Å². The second-order valence-electron chi connectivity index (χ2n) is 6.05. The summed E-state index contributed by atoms with van der Waals surface area (Å²) in [5.74, 6) is 0.737. The van der Waals surface area contributed by atoms with E-state index in [1.165, 1.54) is 13.4 Å². The minimum absolute atomic E-state index is 0.0390. The number of fused-ring (bicyclic) bond motifs is 1. The first-order valence-electron chi connectivity index (χ1n) is 8.66. The van der Waals surface area contributed by atoms with Gasteiger partial charge in [-0.1, -0.05) is 6.07 Å². The quantitative estimate of drug-likeness (QED) is 0.591. The van der Waals surface area contributed by atoms with Crippen LogP contribution in [0, 0.1) is 0 Å². The van der Waals surface area contributed by atoms with E-state index in [1.807, 2.05) is 0 Å². The first-order chi connectivity index (χ1) is 13.5. The van der Waals surface area contributed by atoms with E-state index in [-0.39, 0.29) is 18.5 Å². The van der Waals surface area contributed by atoms with Crippen molar-refractivity contribution in [3.63, 3.8) is 0 Å². The summed E-state index contributed by atoms with van der Waals surface area (Å²) >= 11 is 0. The number of carbonyl (C=O) groups is 1. The van der Waals surface area contributed by atoms with Gasteiger partial charge in [0.1, 0.15) is 17.6 Å². The van der Waals surface area contributed by atoms with Crippen molar-refractivity contribution in [3.8, 4) is 28.4 Å². The van der Waals surface area contributed by atoms with Crippen molar-refractivity contribution < 1.29 is 28.5 Å². The van der Waals surface area contributed by atoms with Crippen LogP contribution < -0.4 is 19.6 Å². The van der Waals surface area contributed by atoms with Gasteiger partial charge in [-0.15, -0.1) is 0 Å². The Balaban J connectivity index is 1.89. The zero-order valence-electron chi connectivity index (χ0n) is 15.6. The highest BCUT2D eigenvalue weighted by Crippen LogP contribution is 2.32. The molecule has 0 aliphatic carbocycles. The predicted octanol–water partition coefficient (Wildman–Crippen LogP) is 3.72. The maximum Gasteiger partial charge on any atom is 0.303 e. The second kappa shape index (κ2) is 8.47. The van der Waals surface area contributed by atoms with E-state index in [2.05, 4.69) is 0 Å². The summed E-state index contributed by atoms with van der Waals surface area (Å²) in [4.78, 5) is 23.4. The van der Waals surface area contributed by atoms with Gasteiger partial charge in [-0.2, -0.15) is 0 Å². The molecular weight excluding hydrogens is 364 g/mol. The SMILES string of the molecule is COc1ccc(-c2coc3cc(OCCCC(=O)O)ccc3c2=O)cc1OC. The fraction of sp³-hybridized carbons (Fsp3) is 0.238. The molecule has 146 valence electrons. The van der Waals surface area contributed by atoms with E-state index in [4.69, 9.17) is 23.7 Å². The molecule has 3 rings (SSSR count). The Morgan fingerprint density at radius 1 is 1.07 bits per heavy atom. The highest BCUT2D eigenvalue weighted by molar-refractivity contribution is 5.83. The van der Waals surface area contributed by atoms with E-state index in [0.29, 0.717) is 45.8 Å². The zero-order valence-corrected chi connectivity index (χ0v) is 15.6. The molecule has 0 spiro atoms. The van der Waals surface area contributed by atoms with Crippen molar-refractivity contribution in [2.75, 3.05) is 20.8 Å². The zero-order chi connectivity index (χ0) is 20.1. The van der Waals surface area contributed by atoms with Crippen molar-refractivity contribution in [1.29, 1.82) is 0 Å². The number of hydrogen-bond donors (Lipinski definition) is 1. The average Bonchev–Trinajstić information content (AvgIpc) is 2.71.